The average molecular weight is 324 g/mol. The summed E-state index contributed by atoms with van der Waals surface area (Å²) < 4.78 is 0. The largest absolute Gasteiger partial charge is 0.355 e. The van der Waals surface area contributed by atoms with E-state index in [0.717, 1.165) is 22.6 Å². The Kier molecular flexibility index (Phi) is 3.97. The standard InChI is InChI=1S/C22H16N2O/c25-22-19-14-8-7-13-18(19)20(23-16-9-3-1-4-10-16)15-21(22)24-17-11-5-2-6-12-17/h1-15,23H. The molecule has 1 aliphatic carbocycles. The van der Waals surface area contributed by atoms with Crippen LogP contribution >= 0.6 is 0 Å². The molecule has 0 radical (unpaired) electrons. The number of carbonyl (C=O) groups excluding carboxylic acids is 1. The number of aliphatic imine (C=N–C) groups is 1. The molecule has 0 atom stereocenters. The van der Waals surface area contributed by atoms with Crippen LogP contribution in [0, 0.1) is 0 Å². The SMILES string of the molecule is O=C1C(=Nc2ccccc2)C=C(Nc2ccccc2)c2ccccc21. The van der Waals surface area contributed by atoms with Crippen molar-refractivity contribution in [2.24, 2.45) is 4.99 Å². The van der Waals surface area contributed by atoms with Gasteiger partial charge in [0.1, 0.15) is 5.71 Å². The Morgan fingerprint density at radius 2 is 1.28 bits per heavy atom. The molecule has 3 nitrogen and oxygen atoms in total. The number of nitrogens with one attached hydrogen (secondary N) is 1. The molecule has 1 aliphatic rings. The van der Waals surface area contributed by atoms with Crippen LogP contribution in [0.25, 0.3) is 5.70 Å². The molecular formula is C22H16N2O. The molecule has 4 rings (SSSR count). The predicted molar refractivity (Wildman–Crippen MR) is 102 cm³/mol. The minimum absolute atomic E-state index is 0.0573. The van der Waals surface area contributed by atoms with Gasteiger partial charge in [-0.05, 0) is 30.3 Å². The van der Waals surface area contributed by atoms with Gasteiger partial charge >= 0.3 is 0 Å². The van der Waals surface area contributed by atoms with Gasteiger partial charge in [0.05, 0.1) is 5.69 Å². The third-order valence-corrected chi connectivity index (χ3v) is 4.03. The maximum Gasteiger partial charge on any atom is 0.212 e. The van der Waals surface area contributed by atoms with E-state index in [9.17, 15) is 4.79 Å². The van der Waals surface area contributed by atoms with Gasteiger partial charge in [-0.2, -0.15) is 0 Å². The predicted octanol–water partition coefficient (Wildman–Crippen LogP) is 5.11. The highest BCUT2D eigenvalue weighted by Crippen LogP contribution is 2.27. The van der Waals surface area contributed by atoms with Crippen molar-refractivity contribution in [1.29, 1.82) is 0 Å². The second-order valence-electron chi connectivity index (χ2n) is 5.76. The number of carbonyl (C=O) groups is 1. The zero-order valence-corrected chi connectivity index (χ0v) is 13.5. The van der Waals surface area contributed by atoms with Crippen molar-refractivity contribution in [2.75, 3.05) is 5.32 Å². The molecule has 0 aromatic heterocycles. The summed E-state index contributed by atoms with van der Waals surface area (Å²) in [5, 5.41) is 3.40. The lowest BCUT2D eigenvalue weighted by Crippen LogP contribution is -2.21. The highest BCUT2D eigenvalue weighted by atomic mass is 16.1. The number of Topliss-reactive ketones (excluding diaryl/α,β-unsaturated/α-hetero) is 1. The second-order valence-corrected chi connectivity index (χ2v) is 5.76. The first-order valence-corrected chi connectivity index (χ1v) is 8.13. The number of nitrogens with zero attached hydrogens (tertiary/aromatic N) is 1. The van der Waals surface area contributed by atoms with Gasteiger partial charge in [0.2, 0.25) is 5.78 Å². The molecule has 25 heavy (non-hydrogen) atoms. The lowest BCUT2D eigenvalue weighted by atomic mass is 9.92. The Labute approximate surface area is 146 Å². The quantitative estimate of drug-likeness (QED) is 0.727. The summed E-state index contributed by atoms with van der Waals surface area (Å²) in [4.78, 5) is 17.4. The minimum atomic E-state index is -0.0573. The van der Waals surface area contributed by atoms with Crippen LogP contribution < -0.4 is 5.32 Å². The van der Waals surface area contributed by atoms with E-state index in [4.69, 9.17) is 0 Å². The molecule has 3 heteroatoms. The van der Waals surface area contributed by atoms with E-state index in [1.807, 2.05) is 91.0 Å². The molecule has 3 aromatic rings. The Morgan fingerprint density at radius 3 is 2.00 bits per heavy atom. The number of hydrogen-bond donors (Lipinski definition) is 1. The molecule has 0 fully saturated rings. The van der Waals surface area contributed by atoms with Crippen molar-refractivity contribution in [3.8, 4) is 0 Å². The van der Waals surface area contributed by atoms with Crippen molar-refractivity contribution < 1.29 is 4.79 Å². The number of ketones is 1. The number of benzene rings is 3. The summed E-state index contributed by atoms with van der Waals surface area (Å²) in [5.74, 6) is -0.0573. The van der Waals surface area contributed by atoms with Crippen molar-refractivity contribution in [1.82, 2.24) is 0 Å². The molecule has 0 bridgehead atoms. The van der Waals surface area contributed by atoms with Gasteiger partial charge in [-0.3, -0.25) is 4.79 Å². The highest BCUT2D eigenvalue weighted by Gasteiger charge is 2.24. The van der Waals surface area contributed by atoms with E-state index in [1.54, 1.807) is 0 Å². The van der Waals surface area contributed by atoms with Crippen molar-refractivity contribution in [2.45, 2.75) is 0 Å². The lowest BCUT2D eigenvalue weighted by Gasteiger charge is -2.19. The van der Waals surface area contributed by atoms with E-state index < -0.39 is 0 Å². The summed E-state index contributed by atoms with van der Waals surface area (Å²) in [6, 6.07) is 27.0. The van der Waals surface area contributed by atoms with Crippen molar-refractivity contribution in [3.05, 3.63) is 102 Å². The fourth-order valence-corrected chi connectivity index (χ4v) is 2.84. The molecule has 0 saturated heterocycles. The Morgan fingerprint density at radius 1 is 0.680 bits per heavy atom. The Hall–Kier alpha value is -3.46. The van der Waals surface area contributed by atoms with Gasteiger partial charge < -0.3 is 5.32 Å². The van der Waals surface area contributed by atoms with Gasteiger partial charge in [-0.15, -0.1) is 0 Å². The first-order valence-electron chi connectivity index (χ1n) is 8.13. The molecular weight excluding hydrogens is 308 g/mol. The van der Waals surface area contributed by atoms with Gasteiger partial charge in [0, 0.05) is 22.5 Å². The van der Waals surface area contributed by atoms with Crippen LogP contribution in [0.15, 0.2) is 96.0 Å². The first-order chi connectivity index (χ1) is 12.3. The summed E-state index contributed by atoms with van der Waals surface area (Å²) in [6.45, 7) is 0. The molecule has 0 aliphatic heterocycles. The normalized spacial score (nSPS) is 14.8. The molecule has 3 aromatic carbocycles. The number of rotatable bonds is 3. The fraction of sp³-hybridized carbons (Fsp3) is 0. The van der Waals surface area contributed by atoms with Crippen LogP contribution in [0.1, 0.15) is 15.9 Å². The maximum absolute atomic E-state index is 12.8. The fourth-order valence-electron chi connectivity index (χ4n) is 2.84. The third-order valence-electron chi connectivity index (χ3n) is 4.03. The van der Waals surface area contributed by atoms with E-state index in [2.05, 4.69) is 10.3 Å². The van der Waals surface area contributed by atoms with Gasteiger partial charge in [-0.1, -0.05) is 60.7 Å². The topological polar surface area (TPSA) is 41.5 Å². The maximum atomic E-state index is 12.8. The Bertz CT molecular complexity index is 973. The van der Waals surface area contributed by atoms with Crippen LogP contribution in [0.4, 0.5) is 11.4 Å². The van der Waals surface area contributed by atoms with Crippen LogP contribution in [0.5, 0.6) is 0 Å². The van der Waals surface area contributed by atoms with Gasteiger partial charge in [-0.25, -0.2) is 4.99 Å². The van der Waals surface area contributed by atoms with Crippen LogP contribution in [-0.4, -0.2) is 11.5 Å². The number of para-hydroxylation sites is 2. The second kappa shape index (κ2) is 6.57. The minimum Gasteiger partial charge on any atom is -0.355 e. The van der Waals surface area contributed by atoms with E-state index in [-0.39, 0.29) is 5.78 Å². The van der Waals surface area contributed by atoms with Crippen LogP contribution in [-0.2, 0) is 0 Å². The third kappa shape index (κ3) is 3.12. The molecule has 0 spiro atoms. The smallest absolute Gasteiger partial charge is 0.212 e. The lowest BCUT2D eigenvalue weighted by molar-refractivity contribution is 0.106. The molecule has 0 amide bonds. The van der Waals surface area contributed by atoms with Gasteiger partial charge in [0.15, 0.2) is 0 Å². The number of fused-ring (bicyclic) bond motifs is 1. The van der Waals surface area contributed by atoms with E-state index in [1.165, 1.54) is 0 Å². The molecule has 1 N–H and O–H groups in total. The van der Waals surface area contributed by atoms with E-state index in [0.29, 0.717) is 11.3 Å². The first kappa shape index (κ1) is 15.1. The number of hydrogen-bond acceptors (Lipinski definition) is 3. The zero-order chi connectivity index (χ0) is 17.1. The zero-order valence-electron chi connectivity index (χ0n) is 13.5. The molecule has 0 heterocycles. The number of anilines is 1. The summed E-state index contributed by atoms with van der Waals surface area (Å²) >= 11 is 0. The highest BCUT2D eigenvalue weighted by molar-refractivity contribution is 6.53. The summed E-state index contributed by atoms with van der Waals surface area (Å²) in [7, 11) is 0. The van der Waals surface area contributed by atoms with Crippen LogP contribution in [0.2, 0.25) is 0 Å². The average Bonchev–Trinajstić information content (AvgIpc) is 2.67. The monoisotopic (exact) mass is 324 g/mol. The van der Waals surface area contributed by atoms with Crippen molar-refractivity contribution >= 4 is 28.6 Å². The van der Waals surface area contributed by atoms with E-state index >= 15 is 0 Å². The Balaban J connectivity index is 1.80. The summed E-state index contributed by atoms with van der Waals surface area (Å²) in [5.41, 5.74) is 4.60. The van der Waals surface area contributed by atoms with Crippen molar-refractivity contribution in [3.63, 3.8) is 0 Å². The molecule has 0 saturated carbocycles. The molecule has 120 valence electrons. The number of allylic oxidation sites excluding steroid dienone is 1. The summed E-state index contributed by atoms with van der Waals surface area (Å²) in [6.07, 6.45) is 1.82. The van der Waals surface area contributed by atoms with Crippen LogP contribution in [0.3, 0.4) is 0 Å². The molecule has 0 unspecified atom stereocenters. The van der Waals surface area contributed by atoms with Gasteiger partial charge in [0.25, 0.3) is 0 Å².